The van der Waals surface area contributed by atoms with Crippen molar-refractivity contribution in [3.05, 3.63) is 24.3 Å². The minimum Gasteiger partial charge on any atom is -0.369 e. The fourth-order valence-electron chi connectivity index (χ4n) is 1.67. The summed E-state index contributed by atoms with van der Waals surface area (Å²) in [7, 11) is 0. The Morgan fingerprint density at radius 1 is 1.12 bits per heavy atom. The first kappa shape index (κ1) is 12.8. The Balaban J connectivity index is 0.000000606. The Morgan fingerprint density at radius 3 is 2.19 bits per heavy atom. The number of hydrogen-bond donors (Lipinski definition) is 3. The fraction of sp³-hybridized carbons (Fsp3) is 0.500. The number of benzene rings is 1. The van der Waals surface area contributed by atoms with Crippen LogP contribution in [0.4, 0.5) is 11.4 Å². The lowest BCUT2D eigenvalue weighted by Crippen LogP contribution is -2.43. The molecule has 0 spiro atoms. The van der Waals surface area contributed by atoms with E-state index < -0.39 is 0 Å². The molecule has 0 radical (unpaired) electrons. The van der Waals surface area contributed by atoms with Crippen molar-refractivity contribution in [3.8, 4) is 0 Å². The van der Waals surface area contributed by atoms with E-state index in [2.05, 4.69) is 15.7 Å². The van der Waals surface area contributed by atoms with Gasteiger partial charge in [0.2, 0.25) is 0 Å². The fourth-order valence-corrected chi connectivity index (χ4v) is 1.67. The first-order chi connectivity index (χ1) is 7.90. The van der Waals surface area contributed by atoms with Gasteiger partial charge in [-0.25, -0.2) is 0 Å². The summed E-state index contributed by atoms with van der Waals surface area (Å²) in [6.07, 6.45) is 0. The van der Waals surface area contributed by atoms with Gasteiger partial charge in [-0.3, -0.25) is 10.7 Å². The number of anilines is 2. The minimum atomic E-state index is 0.726. The smallest absolute Gasteiger partial charge is 0.0603 e. The molecule has 1 aliphatic rings. The van der Waals surface area contributed by atoms with Gasteiger partial charge in [-0.2, -0.15) is 0 Å². The van der Waals surface area contributed by atoms with E-state index in [1.807, 2.05) is 38.1 Å². The van der Waals surface area contributed by atoms with Gasteiger partial charge in [-0.1, -0.05) is 13.8 Å². The molecule has 0 aliphatic carbocycles. The van der Waals surface area contributed by atoms with Crippen molar-refractivity contribution >= 4 is 11.4 Å². The second kappa shape index (κ2) is 7.09. The van der Waals surface area contributed by atoms with Gasteiger partial charge < -0.3 is 10.2 Å². The van der Waals surface area contributed by atoms with E-state index >= 15 is 0 Å². The van der Waals surface area contributed by atoms with Gasteiger partial charge in [0.05, 0.1) is 5.69 Å². The van der Waals surface area contributed by atoms with Gasteiger partial charge in [-0.15, -0.1) is 0 Å². The van der Waals surface area contributed by atoms with E-state index in [1.54, 1.807) is 0 Å². The minimum absolute atomic E-state index is 0.726. The first-order valence-corrected chi connectivity index (χ1v) is 5.86. The van der Waals surface area contributed by atoms with E-state index in [1.165, 1.54) is 5.69 Å². The molecule has 1 heterocycles. The van der Waals surface area contributed by atoms with Crippen LogP contribution in [0.1, 0.15) is 13.8 Å². The van der Waals surface area contributed by atoms with Gasteiger partial charge >= 0.3 is 0 Å². The van der Waals surface area contributed by atoms with Gasteiger partial charge in [-0.05, 0) is 24.3 Å². The number of nitrogens with one attached hydrogen (secondary N) is 2. The van der Waals surface area contributed by atoms with Crippen LogP contribution in [-0.4, -0.2) is 31.4 Å². The van der Waals surface area contributed by atoms with Crippen molar-refractivity contribution in [3.63, 3.8) is 0 Å². The lowest BCUT2D eigenvalue weighted by atomic mass is 10.2. The monoisotopic (exact) mass is 223 g/mol. The molecule has 3 N–H and O–H groups in total. The Morgan fingerprint density at radius 2 is 1.69 bits per heavy atom. The lowest BCUT2D eigenvalue weighted by Gasteiger charge is -2.29. The molecule has 0 amide bonds. The Kier molecular flexibility index (Phi) is 5.67. The van der Waals surface area contributed by atoms with Crippen LogP contribution in [0.5, 0.6) is 0 Å². The molecule has 0 unspecified atom stereocenters. The number of hydrogen-bond acceptors (Lipinski definition) is 4. The van der Waals surface area contributed by atoms with Crippen LogP contribution in [0.3, 0.4) is 0 Å². The highest BCUT2D eigenvalue weighted by molar-refractivity contribution is 5.54. The summed E-state index contributed by atoms with van der Waals surface area (Å²) in [5.74, 6) is 0. The largest absolute Gasteiger partial charge is 0.369 e. The first-order valence-electron chi connectivity index (χ1n) is 5.86. The highest BCUT2D eigenvalue weighted by Crippen LogP contribution is 2.17. The number of rotatable bonds is 2. The molecule has 1 aromatic carbocycles. The topological polar surface area (TPSA) is 47.5 Å². The van der Waals surface area contributed by atoms with Gasteiger partial charge in [0.25, 0.3) is 0 Å². The Hall–Kier alpha value is -1.26. The van der Waals surface area contributed by atoms with E-state index in [4.69, 9.17) is 5.21 Å². The quantitative estimate of drug-likeness (QED) is 0.670. The molecule has 4 nitrogen and oxygen atoms in total. The van der Waals surface area contributed by atoms with Crippen LogP contribution in [0.15, 0.2) is 24.3 Å². The van der Waals surface area contributed by atoms with Gasteiger partial charge in [0, 0.05) is 31.9 Å². The van der Waals surface area contributed by atoms with Crippen molar-refractivity contribution in [2.45, 2.75) is 13.8 Å². The molecule has 0 aromatic heterocycles. The van der Waals surface area contributed by atoms with E-state index in [0.29, 0.717) is 0 Å². The van der Waals surface area contributed by atoms with Crippen molar-refractivity contribution < 1.29 is 5.21 Å². The molecule has 0 atom stereocenters. The average molecular weight is 223 g/mol. The maximum atomic E-state index is 8.67. The molecule has 1 saturated heterocycles. The summed E-state index contributed by atoms with van der Waals surface area (Å²) in [5.41, 5.74) is 4.07. The molecule has 0 bridgehead atoms. The molecule has 1 fully saturated rings. The van der Waals surface area contributed by atoms with Crippen molar-refractivity contribution in [2.75, 3.05) is 36.6 Å². The highest BCUT2D eigenvalue weighted by atomic mass is 16.5. The van der Waals surface area contributed by atoms with Gasteiger partial charge in [0.15, 0.2) is 0 Å². The Bertz CT molecular complexity index is 281. The van der Waals surface area contributed by atoms with Crippen LogP contribution < -0.4 is 15.7 Å². The molecule has 16 heavy (non-hydrogen) atoms. The van der Waals surface area contributed by atoms with Crippen molar-refractivity contribution in [1.29, 1.82) is 0 Å². The van der Waals surface area contributed by atoms with Crippen LogP contribution in [0.2, 0.25) is 0 Å². The molecular weight excluding hydrogens is 202 g/mol. The molecule has 90 valence electrons. The Labute approximate surface area is 97.2 Å². The van der Waals surface area contributed by atoms with Crippen LogP contribution in [0, 0.1) is 0 Å². The van der Waals surface area contributed by atoms with Crippen molar-refractivity contribution in [2.24, 2.45) is 0 Å². The predicted octanol–water partition coefficient (Wildman–Crippen LogP) is 1.92. The van der Waals surface area contributed by atoms with E-state index in [0.717, 1.165) is 31.9 Å². The molecule has 4 heteroatoms. The summed E-state index contributed by atoms with van der Waals surface area (Å²) < 4.78 is 0. The summed E-state index contributed by atoms with van der Waals surface area (Å²) in [4.78, 5) is 2.33. The number of piperazine rings is 1. The maximum absolute atomic E-state index is 8.67. The number of nitrogens with zero attached hydrogens (tertiary/aromatic N) is 1. The summed E-state index contributed by atoms with van der Waals surface area (Å²) in [6, 6.07) is 7.78. The van der Waals surface area contributed by atoms with Gasteiger partial charge in [0.1, 0.15) is 0 Å². The third-order valence-corrected chi connectivity index (χ3v) is 2.48. The summed E-state index contributed by atoms with van der Waals surface area (Å²) in [5, 5.41) is 12.0. The summed E-state index contributed by atoms with van der Waals surface area (Å²) >= 11 is 0. The standard InChI is InChI=1S/C10H15N3O.C2H6/c14-12-9-1-3-10(4-2-9)13-7-5-11-6-8-13;1-2/h1-4,11-12,14H,5-8H2;1-2H3. The third kappa shape index (κ3) is 3.40. The highest BCUT2D eigenvalue weighted by Gasteiger charge is 2.09. The SMILES string of the molecule is CC.ONc1ccc(N2CCNCC2)cc1. The lowest BCUT2D eigenvalue weighted by molar-refractivity contribution is 0.389. The van der Waals surface area contributed by atoms with E-state index in [9.17, 15) is 0 Å². The third-order valence-electron chi connectivity index (χ3n) is 2.48. The maximum Gasteiger partial charge on any atom is 0.0603 e. The molecule has 2 rings (SSSR count). The molecule has 1 aliphatic heterocycles. The second-order valence-corrected chi connectivity index (χ2v) is 3.40. The zero-order chi connectivity index (χ0) is 11.8. The van der Waals surface area contributed by atoms with Crippen LogP contribution in [-0.2, 0) is 0 Å². The van der Waals surface area contributed by atoms with E-state index in [-0.39, 0.29) is 0 Å². The molecule has 0 saturated carbocycles. The normalized spacial score (nSPS) is 15.1. The van der Waals surface area contributed by atoms with Crippen LogP contribution in [0.25, 0.3) is 0 Å². The molecule has 1 aromatic rings. The predicted molar refractivity (Wildman–Crippen MR) is 68.3 cm³/mol. The summed E-state index contributed by atoms with van der Waals surface area (Å²) in [6.45, 7) is 8.18. The van der Waals surface area contributed by atoms with Crippen molar-refractivity contribution in [1.82, 2.24) is 5.32 Å². The second-order valence-electron chi connectivity index (χ2n) is 3.40. The molecular formula is C12H21N3O. The average Bonchev–Trinajstić information content (AvgIpc) is 2.42. The zero-order valence-corrected chi connectivity index (χ0v) is 10.0. The zero-order valence-electron chi connectivity index (χ0n) is 10.0. The van der Waals surface area contributed by atoms with Crippen LogP contribution >= 0.6 is 0 Å².